The molecule has 96 valence electrons. The van der Waals surface area contributed by atoms with Crippen LogP contribution in [0.3, 0.4) is 0 Å². The van der Waals surface area contributed by atoms with E-state index in [1.807, 2.05) is 28.8 Å². The largest absolute Gasteiger partial charge is 0.331 e. The van der Waals surface area contributed by atoms with E-state index in [9.17, 15) is 4.79 Å². The van der Waals surface area contributed by atoms with Crippen molar-refractivity contribution >= 4 is 22.9 Å². The second kappa shape index (κ2) is 4.93. The highest BCUT2D eigenvalue weighted by atomic mass is 16.1. The quantitative estimate of drug-likeness (QED) is 0.746. The van der Waals surface area contributed by atoms with E-state index >= 15 is 0 Å². The molecule has 1 aromatic carbocycles. The molecule has 0 aliphatic carbocycles. The lowest BCUT2D eigenvalue weighted by molar-refractivity contribution is -0.116. The molecule has 0 unspecified atom stereocenters. The van der Waals surface area contributed by atoms with Crippen molar-refractivity contribution in [1.82, 2.24) is 19.5 Å². The standard InChI is InChI=1S/C13H13N5O/c19-12(17-13-14-6-7-15-13)5-8-18-9-16-10-3-1-2-4-11(10)18/h1-4,6-7,9H,5,8H2,(H2,14,15,17,19). The lowest BCUT2D eigenvalue weighted by atomic mass is 10.3. The number of hydrogen-bond donors (Lipinski definition) is 2. The summed E-state index contributed by atoms with van der Waals surface area (Å²) in [5.41, 5.74) is 1.97. The number of carbonyl (C=O) groups excluding carboxylic acids is 1. The zero-order chi connectivity index (χ0) is 13.1. The molecule has 0 fully saturated rings. The molecular formula is C13H13N5O. The number of aryl methyl sites for hydroxylation is 1. The van der Waals surface area contributed by atoms with E-state index < -0.39 is 0 Å². The summed E-state index contributed by atoms with van der Waals surface area (Å²) in [7, 11) is 0. The third-order valence-electron chi connectivity index (χ3n) is 2.86. The Labute approximate surface area is 109 Å². The molecule has 3 rings (SSSR count). The van der Waals surface area contributed by atoms with Crippen LogP contribution in [0.25, 0.3) is 11.0 Å². The molecular weight excluding hydrogens is 242 g/mol. The second-order valence-electron chi connectivity index (χ2n) is 4.16. The Kier molecular flexibility index (Phi) is 2.97. The van der Waals surface area contributed by atoms with Crippen molar-refractivity contribution in [3.63, 3.8) is 0 Å². The first-order chi connectivity index (χ1) is 9.33. The molecule has 3 aromatic rings. The number of anilines is 1. The van der Waals surface area contributed by atoms with Crippen molar-refractivity contribution in [3.8, 4) is 0 Å². The van der Waals surface area contributed by atoms with Crippen molar-refractivity contribution in [1.29, 1.82) is 0 Å². The molecule has 0 saturated heterocycles. The average molecular weight is 255 g/mol. The first-order valence-electron chi connectivity index (χ1n) is 6.02. The molecule has 1 amide bonds. The topological polar surface area (TPSA) is 75.6 Å². The van der Waals surface area contributed by atoms with Crippen LogP contribution in [0.4, 0.5) is 5.95 Å². The fourth-order valence-electron chi connectivity index (χ4n) is 1.94. The van der Waals surface area contributed by atoms with Gasteiger partial charge >= 0.3 is 0 Å². The molecule has 2 heterocycles. The van der Waals surface area contributed by atoms with Crippen LogP contribution in [-0.4, -0.2) is 25.4 Å². The summed E-state index contributed by atoms with van der Waals surface area (Å²) < 4.78 is 1.97. The van der Waals surface area contributed by atoms with Gasteiger partial charge in [0.15, 0.2) is 0 Å². The first kappa shape index (κ1) is 11.5. The maximum atomic E-state index is 11.7. The van der Waals surface area contributed by atoms with Crippen molar-refractivity contribution in [2.24, 2.45) is 0 Å². The molecule has 2 N–H and O–H groups in total. The number of imidazole rings is 2. The summed E-state index contributed by atoms with van der Waals surface area (Å²) in [5, 5.41) is 2.69. The SMILES string of the molecule is O=C(CCn1cnc2ccccc21)Nc1ncc[nH]1. The Morgan fingerprint density at radius 3 is 3.05 bits per heavy atom. The number of amides is 1. The number of hydrogen-bond acceptors (Lipinski definition) is 3. The molecule has 6 nitrogen and oxygen atoms in total. The van der Waals surface area contributed by atoms with Gasteiger partial charge in [0.05, 0.1) is 17.4 Å². The van der Waals surface area contributed by atoms with E-state index in [1.165, 1.54) is 0 Å². The number of para-hydroxylation sites is 2. The number of aromatic amines is 1. The van der Waals surface area contributed by atoms with Crippen molar-refractivity contribution in [2.75, 3.05) is 5.32 Å². The van der Waals surface area contributed by atoms with E-state index in [1.54, 1.807) is 18.7 Å². The van der Waals surface area contributed by atoms with Crippen LogP contribution in [0.2, 0.25) is 0 Å². The van der Waals surface area contributed by atoms with Gasteiger partial charge in [-0.15, -0.1) is 0 Å². The number of H-pyrrole nitrogens is 1. The zero-order valence-electron chi connectivity index (χ0n) is 10.2. The van der Waals surface area contributed by atoms with E-state index in [4.69, 9.17) is 0 Å². The van der Waals surface area contributed by atoms with Crippen LogP contribution in [0.15, 0.2) is 43.0 Å². The molecule has 0 aliphatic heterocycles. The minimum absolute atomic E-state index is 0.0762. The Balaban J connectivity index is 1.64. The fraction of sp³-hybridized carbons (Fsp3) is 0.154. The van der Waals surface area contributed by atoms with Crippen molar-refractivity contribution in [3.05, 3.63) is 43.0 Å². The summed E-state index contributed by atoms with van der Waals surface area (Å²) in [6, 6.07) is 7.86. The van der Waals surface area contributed by atoms with Gasteiger partial charge in [-0.1, -0.05) is 12.1 Å². The smallest absolute Gasteiger partial charge is 0.228 e. The normalized spacial score (nSPS) is 10.7. The Morgan fingerprint density at radius 1 is 1.32 bits per heavy atom. The summed E-state index contributed by atoms with van der Waals surface area (Å²) in [5.74, 6) is 0.397. The third kappa shape index (κ3) is 2.47. The minimum Gasteiger partial charge on any atom is -0.331 e. The first-order valence-corrected chi connectivity index (χ1v) is 6.02. The Morgan fingerprint density at radius 2 is 2.21 bits per heavy atom. The summed E-state index contributed by atoms with van der Waals surface area (Å²) in [4.78, 5) is 22.8. The number of nitrogens with zero attached hydrogens (tertiary/aromatic N) is 3. The van der Waals surface area contributed by atoms with Gasteiger partial charge in [-0.05, 0) is 12.1 Å². The highest BCUT2D eigenvalue weighted by Crippen LogP contribution is 2.12. The van der Waals surface area contributed by atoms with E-state index in [-0.39, 0.29) is 5.91 Å². The maximum Gasteiger partial charge on any atom is 0.228 e. The van der Waals surface area contributed by atoms with Gasteiger partial charge in [-0.25, -0.2) is 9.97 Å². The van der Waals surface area contributed by atoms with Gasteiger partial charge < -0.3 is 9.55 Å². The number of carbonyl (C=O) groups is 1. The van der Waals surface area contributed by atoms with Gasteiger partial charge in [-0.2, -0.15) is 0 Å². The maximum absolute atomic E-state index is 11.7. The second-order valence-corrected chi connectivity index (χ2v) is 4.16. The van der Waals surface area contributed by atoms with Crippen LogP contribution < -0.4 is 5.32 Å². The van der Waals surface area contributed by atoms with Gasteiger partial charge in [0.1, 0.15) is 0 Å². The summed E-state index contributed by atoms with van der Waals surface area (Å²) >= 11 is 0. The number of aromatic nitrogens is 4. The van der Waals surface area contributed by atoms with Crippen LogP contribution in [0, 0.1) is 0 Å². The van der Waals surface area contributed by atoms with Crippen LogP contribution in [0.1, 0.15) is 6.42 Å². The van der Waals surface area contributed by atoms with Crippen LogP contribution in [0.5, 0.6) is 0 Å². The van der Waals surface area contributed by atoms with E-state index in [0.717, 1.165) is 11.0 Å². The molecule has 0 spiro atoms. The molecule has 0 aliphatic rings. The molecule has 0 saturated carbocycles. The zero-order valence-corrected chi connectivity index (χ0v) is 10.2. The Hall–Kier alpha value is -2.63. The van der Waals surface area contributed by atoms with Crippen molar-refractivity contribution < 1.29 is 4.79 Å². The van der Waals surface area contributed by atoms with Gasteiger partial charge in [0.25, 0.3) is 0 Å². The van der Waals surface area contributed by atoms with Gasteiger partial charge in [-0.3, -0.25) is 10.1 Å². The van der Waals surface area contributed by atoms with E-state index in [0.29, 0.717) is 18.9 Å². The molecule has 6 heteroatoms. The van der Waals surface area contributed by atoms with Gasteiger partial charge in [0, 0.05) is 25.4 Å². The van der Waals surface area contributed by atoms with E-state index in [2.05, 4.69) is 20.3 Å². The summed E-state index contributed by atoms with van der Waals surface area (Å²) in [6.45, 7) is 0.590. The highest BCUT2D eigenvalue weighted by molar-refractivity contribution is 5.89. The molecule has 19 heavy (non-hydrogen) atoms. The minimum atomic E-state index is -0.0762. The number of benzene rings is 1. The average Bonchev–Trinajstić information content (AvgIpc) is 3.05. The number of rotatable bonds is 4. The molecule has 2 aromatic heterocycles. The summed E-state index contributed by atoms with van der Waals surface area (Å²) in [6.07, 6.45) is 5.39. The third-order valence-corrected chi connectivity index (χ3v) is 2.86. The number of fused-ring (bicyclic) bond motifs is 1. The number of nitrogens with one attached hydrogen (secondary N) is 2. The molecule has 0 atom stereocenters. The lowest BCUT2D eigenvalue weighted by Crippen LogP contribution is -2.15. The Bertz CT molecular complexity index is 686. The van der Waals surface area contributed by atoms with Crippen LogP contribution in [-0.2, 0) is 11.3 Å². The van der Waals surface area contributed by atoms with Crippen molar-refractivity contribution in [2.45, 2.75) is 13.0 Å². The lowest BCUT2D eigenvalue weighted by Gasteiger charge is -2.04. The van der Waals surface area contributed by atoms with Crippen LogP contribution >= 0.6 is 0 Å². The predicted molar refractivity (Wildman–Crippen MR) is 71.6 cm³/mol. The van der Waals surface area contributed by atoms with Gasteiger partial charge in [0.2, 0.25) is 11.9 Å². The fourth-order valence-corrected chi connectivity index (χ4v) is 1.94. The predicted octanol–water partition coefficient (Wildman–Crippen LogP) is 1.79. The highest BCUT2D eigenvalue weighted by Gasteiger charge is 2.06. The monoisotopic (exact) mass is 255 g/mol. The molecule has 0 radical (unpaired) electrons. The molecule has 0 bridgehead atoms.